The first-order valence-electron chi connectivity index (χ1n) is 11.8. The summed E-state index contributed by atoms with van der Waals surface area (Å²) in [5, 5.41) is 7.98. The van der Waals surface area contributed by atoms with Crippen LogP contribution in [0.3, 0.4) is 0 Å². The van der Waals surface area contributed by atoms with Crippen molar-refractivity contribution in [2.45, 2.75) is 86.9 Å². The monoisotopic (exact) mass is 482 g/mol. The molecule has 0 spiro atoms. The molecule has 9 nitrogen and oxygen atoms in total. The van der Waals surface area contributed by atoms with Crippen molar-refractivity contribution in [2.24, 2.45) is 16.7 Å². The summed E-state index contributed by atoms with van der Waals surface area (Å²) < 4.78 is 4.52. The standard InChI is InChI=1S/C25H46N4O5/c1-12-13-16(2)14-15-29(10)22(32)19(25(7,8)9)28-21(31)18(24(4,5)6)27-20(30)17(3)26-23(33)34-11/h12-13,16-19H,14-15H2,1-11H3,(H,26,33)(H,27,30)(H,28,31)/b13-12-/t16-,17+,18?,19?/m0/s1. The van der Waals surface area contributed by atoms with E-state index in [2.05, 4.69) is 33.7 Å². The van der Waals surface area contributed by atoms with Gasteiger partial charge in [-0.05, 0) is 37.0 Å². The number of carbonyl (C=O) groups is 4. The van der Waals surface area contributed by atoms with Crippen molar-refractivity contribution >= 4 is 23.8 Å². The Labute approximate surface area is 205 Å². The molecule has 0 saturated heterocycles. The molecule has 0 aromatic rings. The summed E-state index contributed by atoms with van der Waals surface area (Å²) in [4.78, 5) is 52.4. The Morgan fingerprint density at radius 1 is 0.882 bits per heavy atom. The van der Waals surface area contributed by atoms with Gasteiger partial charge in [0.05, 0.1) is 7.11 Å². The maximum atomic E-state index is 13.3. The second kappa shape index (κ2) is 13.3. The lowest BCUT2D eigenvalue weighted by Gasteiger charge is -2.37. The summed E-state index contributed by atoms with van der Waals surface area (Å²) in [5.74, 6) is -0.846. The van der Waals surface area contributed by atoms with Gasteiger partial charge in [0.2, 0.25) is 17.7 Å². The Hall–Kier alpha value is -2.58. The Bertz CT molecular complexity index is 737. The summed E-state index contributed by atoms with van der Waals surface area (Å²) >= 11 is 0. The number of allylic oxidation sites excluding steroid dienone is 2. The van der Waals surface area contributed by atoms with Gasteiger partial charge in [-0.1, -0.05) is 60.6 Å². The minimum absolute atomic E-state index is 0.187. The molecule has 0 rings (SSSR count). The minimum Gasteiger partial charge on any atom is -0.453 e. The number of methoxy groups -OCH3 is 1. The first-order chi connectivity index (χ1) is 15.4. The fourth-order valence-electron chi connectivity index (χ4n) is 3.27. The van der Waals surface area contributed by atoms with Crippen LogP contribution in [0.4, 0.5) is 4.79 Å². The molecular weight excluding hydrogens is 436 g/mol. The Morgan fingerprint density at radius 2 is 1.38 bits per heavy atom. The lowest BCUT2D eigenvalue weighted by atomic mass is 9.83. The molecule has 34 heavy (non-hydrogen) atoms. The van der Waals surface area contributed by atoms with Crippen LogP contribution in [-0.2, 0) is 19.1 Å². The van der Waals surface area contributed by atoms with E-state index in [9.17, 15) is 19.2 Å². The maximum Gasteiger partial charge on any atom is 0.407 e. The highest BCUT2D eigenvalue weighted by atomic mass is 16.5. The van der Waals surface area contributed by atoms with Gasteiger partial charge in [0.1, 0.15) is 18.1 Å². The van der Waals surface area contributed by atoms with Crippen LogP contribution in [-0.4, -0.2) is 67.5 Å². The first kappa shape index (κ1) is 31.4. The van der Waals surface area contributed by atoms with E-state index in [1.165, 1.54) is 14.0 Å². The molecule has 0 aromatic carbocycles. The molecule has 196 valence electrons. The van der Waals surface area contributed by atoms with E-state index in [0.29, 0.717) is 12.5 Å². The third-order valence-corrected chi connectivity index (χ3v) is 5.54. The average Bonchev–Trinajstić information content (AvgIpc) is 2.71. The predicted octanol–water partition coefficient (Wildman–Crippen LogP) is 2.85. The van der Waals surface area contributed by atoms with E-state index in [4.69, 9.17) is 0 Å². The van der Waals surface area contributed by atoms with Gasteiger partial charge in [-0.25, -0.2) is 4.79 Å². The Kier molecular flexibility index (Phi) is 12.3. The zero-order valence-corrected chi connectivity index (χ0v) is 22.9. The smallest absolute Gasteiger partial charge is 0.407 e. The highest BCUT2D eigenvalue weighted by molar-refractivity contribution is 5.94. The normalized spacial score (nSPS) is 15.6. The Morgan fingerprint density at radius 3 is 1.82 bits per heavy atom. The van der Waals surface area contributed by atoms with Crippen molar-refractivity contribution in [3.8, 4) is 0 Å². The molecule has 0 heterocycles. The van der Waals surface area contributed by atoms with Crippen molar-refractivity contribution < 1.29 is 23.9 Å². The SMILES string of the molecule is C/C=C\[C@H](C)CCN(C)C(=O)C(NC(=O)C(NC(=O)[C@@H](C)NC(=O)OC)C(C)(C)C)C(C)(C)C. The van der Waals surface area contributed by atoms with Crippen molar-refractivity contribution in [3.63, 3.8) is 0 Å². The molecule has 4 amide bonds. The highest BCUT2D eigenvalue weighted by Crippen LogP contribution is 2.24. The van der Waals surface area contributed by atoms with E-state index in [0.717, 1.165) is 6.42 Å². The van der Waals surface area contributed by atoms with Crippen molar-refractivity contribution in [1.29, 1.82) is 0 Å². The van der Waals surface area contributed by atoms with E-state index in [1.807, 2.05) is 54.5 Å². The molecule has 2 unspecified atom stereocenters. The van der Waals surface area contributed by atoms with Crippen molar-refractivity contribution in [2.75, 3.05) is 20.7 Å². The summed E-state index contributed by atoms with van der Waals surface area (Å²) in [7, 11) is 2.94. The second-order valence-electron chi connectivity index (χ2n) is 11.0. The number of hydrogen-bond acceptors (Lipinski definition) is 5. The number of likely N-dealkylation sites (N-methyl/N-ethyl adjacent to an activating group) is 1. The molecule has 0 radical (unpaired) electrons. The van der Waals surface area contributed by atoms with Gasteiger partial charge in [0.15, 0.2) is 0 Å². The first-order valence-corrected chi connectivity index (χ1v) is 11.8. The minimum atomic E-state index is -0.931. The van der Waals surface area contributed by atoms with Crippen LogP contribution < -0.4 is 16.0 Å². The van der Waals surface area contributed by atoms with E-state index >= 15 is 0 Å². The van der Waals surface area contributed by atoms with Crippen molar-refractivity contribution in [3.05, 3.63) is 12.2 Å². The summed E-state index contributed by atoms with van der Waals surface area (Å²) in [6.45, 7) is 17.2. The number of alkyl carbamates (subject to hydrolysis) is 1. The van der Waals surface area contributed by atoms with Gasteiger partial charge in [-0.2, -0.15) is 0 Å². The number of ether oxygens (including phenoxy) is 1. The number of amides is 4. The zero-order valence-electron chi connectivity index (χ0n) is 22.9. The second-order valence-corrected chi connectivity index (χ2v) is 11.0. The average molecular weight is 483 g/mol. The molecular formula is C25H46N4O5. The van der Waals surface area contributed by atoms with Crippen LogP contribution in [0.25, 0.3) is 0 Å². The molecule has 4 atom stereocenters. The van der Waals surface area contributed by atoms with Crippen molar-refractivity contribution in [1.82, 2.24) is 20.9 Å². The Balaban J connectivity index is 5.59. The van der Waals surface area contributed by atoms with Gasteiger partial charge >= 0.3 is 6.09 Å². The van der Waals surface area contributed by atoms with E-state index in [1.54, 1.807) is 11.9 Å². The van der Waals surface area contributed by atoms with E-state index < -0.39 is 46.9 Å². The van der Waals surface area contributed by atoms with Gasteiger partial charge in [0.25, 0.3) is 0 Å². The number of nitrogens with zero attached hydrogens (tertiary/aromatic N) is 1. The summed E-state index contributed by atoms with van der Waals surface area (Å²) in [6, 6.07) is -2.62. The molecule has 0 aromatic heterocycles. The van der Waals surface area contributed by atoms with Gasteiger partial charge in [0, 0.05) is 13.6 Å². The summed E-state index contributed by atoms with van der Waals surface area (Å²) in [6.07, 6.45) is 4.15. The van der Waals surface area contributed by atoms with Crippen LogP contribution in [0.15, 0.2) is 12.2 Å². The summed E-state index contributed by atoms with van der Waals surface area (Å²) in [5.41, 5.74) is -1.20. The predicted molar refractivity (Wildman–Crippen MR) is 134 cm³/mol. The van der Waals surface area contributed by atoms with Crippen LogP contribution in [0.5, 0.6) is 0 Å². The third kappa shape index (κ3) is 10.6. The number of nitrogens with one attached hydrogen (secondary N) is 3. The van der Waals surface area contributed by atoms with Gasteiger partial charge in [-0.15, -0.1) is 0 Å². The number of carbonyl (C=O) groups excluding carboxylic acids is 4. The lowest BCUT2D eigenvalue weighted by Crippen LogP contribution is -2.62. The van der Waals surface area contributed by atoms with Gasteiger partial charge in [-0.3, -0.25) is 14.4 Å². The molecule has 0 fully saturated rings. The van der Waals surface area contributed by atoms with Crippen LogP contribution >= 0.6 is 0 Å². The number of rotatable bonds is 10. The lowest BCUT2D eigenvalue weighted by molar-refractivity contribution is -0.140. The molecule has 0 aliphatic rings. The molecule has 0 saturated carbocycles. The fourth-order valence-corrected chi connectivity index (χ4v) is 3.27. The largest absolute Gasteiger partial charge is 0.453 e. The van der Waals surface area contributed by atoms with Crippen LogP contribution in [0.2, 0.25) is 0 Å². The molecule has 0 aliphatic carbocycles. The van der Waals surface area contributed by atoms with E-state index in [-0.39, 0.29) is 5.91 Å². The number of hydrogen-bond donors (Lipinski definition) is 3. The molecule has 0 bridgehead atoms. The van der Waals surface area contributed by atoms with Gasteiger partial charge < -0.3 is 25.6 Å². The highest BCUT2D eigenvalue weighted by Gasteiger charge is 2.40. The zero-order chi connectivity index (χ0) is 26.9. The maximum absolute atomic E-state index is 13.3. The van der Waals surface area contributed by atoms with Crippen LogP contribution in [0, 0.1) is 16.7 Å². The quantitative estimate of drug-likeness (QED) is 0.414. The molecule has 0 aliphatic heterocycles. The van der Waals surface area contributed by atoms with Crippen LogP contribution in [0.1, 0.15) is 68.7 Å². The topological polar surface area (TPSA) is 117 Å². The molecule has 3 N–H and O–H groups in total. The fraction of sp³-hybridized carbons (Fsp3) is 0.760. The third-order valence-electron chi connectivity index (χ3n) is 5.54. The molecule has 9 heteroatoms.